The number of carbonyl (C=O) groups is 2. The summed E-state index contributed by atoms with van der Waals surface area (Å²) in [5, 5.41) is 13.2. The predicted molar refractivity (Wildman–Crippen MR) is 130 cm³/mol. The van der Waals surface area contributed by atoms with Crippen molar-refractivity contribution in [2.45, 2.75) is 53.0 Å². The monoisotopic (exact) mass is 477 g/mol. The first-order valence-electron chi connectivity index (χ1n) is 11.4. The van der Waals surface area contributed by atoms with E-state index in [0.717, 1.165) is 53.2 Å². The number of carbonyl (C=O) groups excluding carboxylic acids is 2. The summed E-state index contributed by atoms with van der Waals surface area (Å²) in [6.45, 7) is 6.22. The zero-order valence-electron chi connectivity index (χ0n) is 19.6. The van der Waals surface area contributed by atoms with Crippen molar-refractivity contribution in [3.63, 3.8) is 0 Å². The lowest BCUT2D eigenvalue weighted by Crippen LogP contribution is -2.23. The highest BCUT2D eigenvalue weighted by Crippen LogP contribution is 2.39. The number of ether oxygens (including phenoxy) is 1. The van der Waals surface area contributed by atoms with Crippen LogP contribution >= 0.6 is 11.3 Å². The van der Waals surface area contributed by atoms with Crippen LogP contribution in [-0.4, -0.2) is 23.1 Å². The number of nitrogens with zero attached hydrogens (tertiary/aromatic N) is 2. The molecule has 4 rings (SSSR count). The zero-order valence-corrected chi connectivity index (χ0v) is 20.4. The zero-order chi connectivity index (χ0) is 24.2. The topological polar surface area (TPSA) is 97.3 Å². The van der Waals surface area contributed by atoms with Crippen LogP contribution in [0.5, 0.6) is 0 Å². The van der Waals surface area contributed by atoms with E-state index < -0.39 is 5.91 Å². The molecular formula is C26H27N3O4S. The largest absolute Gasteiger partial charge is 0.467 e. The maximum absolute atomic E-state index is 12.9. The molecule has 0 bridgehead atoms. The van der Waals surface area contributed by atoms with Gasteiger partial charge in [-0.15, -0.1) is 11.3 Å². The number of esters is 1. The SMILES string of the molecule is CCOC(=O)c1c(-n2c(C)cc(C=C(C#N)C(=O)NCc3ccco3)c2C)sc2c1CCCC2. The van der Waals surface area contributed by atoms with Crippen LogP contribution < -0.4 is 5.32 Å². The number of aryl methyl sites for hydroxylation is 2. The molecule has 3 aromatic heterocycles. The van der Waals surface area contributed by atoms with Crippen molar-refractivity contribution >= 4 is 29.3 Å². The number of nitrogens with one attached hydrogen (secondary N) is 1. The second kappa shape index (κ2) is 10.1. The Kier molecular flexibility index (Phi) is 7.03. The number of hydrogen-bond acceptors (Lipinski definition) is 6. The summed E-state index contributed by atoms with van der Waals surface area (Å²) in [5.74, 6) is -0.156. The van der Waals surface area contributed by atoms with Crippen molar-refractivity contribution < 1.29 is 18.7 Å². The first-order chi connectivity index (χ1) is 16.4. The van der Waals surface area contributed by atoms with Gasteiger partial charge in [0.15, 0.2) is 0 Å². The second-order valence-electron chi connectivity index (χ2n) is 8.21. The van der Waals surface area contributed by atoms with E-state index in [-0.39, 0.29) is 18.1 Å². The van der Waals surface area contributed by atoms with Crippen LogP contribution in [0.15, 0.2) is 34.5 Å². The molecule has 7 nitrogen and oxygen atoms in total. The Hall–Kier alpha value is -3.57. The smallest absolute Gasteiger partial charge is 0.341 e. The lowest BCUT2D eigenvalue weighted by atomic mass is 9.95. The molecule has 0 radical (unpaired) electrons. The van der Waals surface area contributed by atoms with E-state index in [0.29, 0.717) is 17.9 Å². The molecule has 176 valence electrons. The molecule has 1 aliphatic carbocycles. The maximum atomic E-state index is 12.9. The molecule has 8 heteroatoms. The van der Waals surface area contributed by atoms with Gasteiger partial charge < -0.3 is 19.0 Å². The third-order valence-electron chi connectivity index (χ3n) is 5.97. The molecule has 34 heavy (non-hydrogen) atoms. The van der Waals surface area contributed by atoms with Crippen LogP contribution in [0.2, 0.25) is 0 Å². The first-order valence-corrected chi connectivity index (χ1v) is 12.2. The van der Waals surface area contributed by atoms with E-state index in [1.54, 1.807) is 29.5 Å². The highest BCUT2D eigenvalue weighted by atomic mass is 32.1. The van der Waals surface area contributed by atoms with E-state index in [4.69, 9.17) is 9.15 Å². The molecule has 0 unspecified atom stereocenters. The number of fused-ring (bicyclic) bond motifs is 1. The molecule has 0 spiro atoms. The minimum atomic E-state index is -0.470. The number of hydrogen-bond donors (Lipinski definition) is 1. The van der Waals surface area contributed by atoms with Crippen molar-refractivity contribution in [2.75, 3.05) is 6.61 Å². The van der Waals surface area contributed by atoms with Crippen LogP contribution in [-0.2, 0) is 28.9 Å². The summed E-state index contributed by atoms with van der Waals surface area (Å²) in [7, 11) is 0. The molecule has 1 N–H and O–H groups in total. The van der Waals surface area contributed by atoms with Gasteiger partial charge in [0.25, 0.3) is 5.91 Å². The average Bonchev–Trinajstić information content (AvgIpc) is 3.53. The number of rotatable bonds is 7. The lowest BCUT2D eigenvalue weighted by molar-refractivity contribution is -0.117. The van der Waals surface area contributed by atoms with Gasteiger partial charge in [-0.25, -0.2) is 4.79 Å². The summed E-state index contributed by atoms with van der Waals surface area (Å²) in [6.07, 6.45) is 7.14. The molecule has 0 atom stereocenters. The van der Waals surface area contributed by atoms with Gasteiger partial charge in [0.2, 0.25) is 0 Å². The second-order valence-corrected chi connectivity index (χ2v) is 9.29. The fourth-order valence-electron chi connectivity index (χ4n) is 4.35. The van der Waals surface area contributed by atoms with E-state index in [9.17, 15) is 14.9 Å². The van der Waals surface area contributed by atoms with Gasteiger partial charge in [-0.2, -0.15) is 5.26 Å². The number of nitriles is 1. The van der Waals surface area contributed by atoms with Crippen LogP contribution in [0, 0.1) is 25.2 Å². The Morgan fingerprint density at radius 3 is 2.82 bits per heavy atom. The van der Waals surface area contributed by atoms with Crippen molar-refractivity contribution in [3.8, 4) is 11.1 Å². The van der Waals surface area contributed by atoms with E-state index >= 15 is 0 Å². The molecule has 0 fully saturated rings. The summed E-state index contributed by atoms with van der Waals surface area (Å²) in [6, 6.07) is 7.43. The quantitative estimate of drug-likeness (QED) is 0.292. The number of aromatic nitrogens is 1. The Morgan fingerprint density at radius 1 is 1.32 bits per heavy atom. The Bertz CT molecular complexity index is 1290. The fourth-order valence-corrected chi connectivity index (χ4v) is 5.84. The van der Waals surface area contributed by atoms with Crippen LogP contribution in [0.25, 0.3) is 11.1 Å². The van der Waals surface area contributed by atoms with Gasteiger partial charge in [0, 0.05) is 16.3 Å². The van der Waals surface area contributed by atoms with Crippen molar-refractivity contribution in [2.24, 2.45) is 0 Å². The molecule has 0 saturated heterocycles. The Morgan fingerprint density at radius 2 is 2.12 bits per heavy atom. The van der Waals surface area contributed by atoms with Crippen LogP contribution in [0.4, 0.5) is 0 Å². The summed E-state index contributed by atoms with van der Waals surface area (Å²) < 4.78 is 12.7. The van der Waals surface area contributed by atoms with Crippen molar-refractivity contribution in [1.82, 2.24) is 9.88 Å². The molecular weight excluding hydrogens is 450 g/mol. The highest BCUT2D eigenvalue weighted by Gasteiger charge is 2.28. The van der Waals surface area contributed by atoms with Gasteiger partial charge in [-0.3, -0.25) is 4.79 Å². The Balaban J connectivity index is 1.70. The molecule has 3 aromatic rings. The van der Waals surface area contributed by atoms with Gasteiger partial charge in [-0.05, 0) is 81.9 Å². The van der Waals surface area contributed by atoms with Gasteiger partial charge >= 0.3 is 5.97 Å². The molecule has 0 aliphatic heterocycles. The normalized spacial score (nSPS) is 13.3. The molecule has 3 heterocycles. The average molecular weight is 478 g/mol. The van der Waals surface area contributed by atoms with E-state index in [2.05, 4.69) is 5.32 Å². The lowest BCUT2D eigenvalue weighted by Gasteiger charge is -2.13. The first kappa shape index (κ1) is 23.6. The third kappa shape index (κ3) is 4.57. The molecule has 1 aliphatic rings. The minimum Gasteiger partial charge on any atom is -0.467 e. The van der Waals surface area contributed by atoms with Crippen molar-refractivity contribution in [3.05, 3.63) is 68.8 Å². The van der Waals surface area contributed by atoms with Crippen LogP contribution in [0.1, 0.15) is 63.3 Å². The third-order valence-corrected chi connectivity index (χ3v) is 7.25. The standard InChI is InChI=1S/C26H27N3O4S/c1-4-32-26(31)23-21-9-5-6-10-22(21)34-25(23)29-16(2)12-18(17(29)3)13-19(14-27)24(30)28-15-20-8-7-11-33-20/h7-8,11-13H,4-6,9-10,15H2,1-3H3,(H,28,30). The van der Waals surface area contributed by atoms with E-state index in [1.165, 1.54) is 11.1 Å². The summed E-state index contributed by atoms with van der Waals surface area (Å²) in [4.78, 5) is 26.8. The van der Waals surface area contributed by atoms with Crippen molar-refractivity contribution in [1.29, 1.82) is 5.26 Å². The van der Waals surface area contributed by atoms with Gasteiger partial charge in [0.1, 0.15) is 22.4 Å². The number of amides is 1. The fraction of sp³-hybridized carbons (Fsp3) is 0.346. The molecule has 0 saturated carbocycles. The Labute approximate surface area is 202 Å². The number of thiophene rings is 1. The number of furan rings is 1. The van der Waals surface area contributed by atoms with Gasteiger partial charge in [-0.1, -0.05) is 0 Å². The summed E-state index contributed by atoms with van der Waals surface area (Å²) >= 11 is 1.64. The summed E-state index contributed by atoms with van der Waals surface area (Å²) in [5.41, 5.74) is 4.28. The molecule has 0 aromatic carbocycles. The van der Waals surface area contributed by atoms with Gasteiger partial charge in [0.05, 0.1) is 25.0 Å². The highest BCUT2D eigenvalue weighted by molar-refractivity contribution is 7.15. The predicted octanol–water partition coefficient (Wildman–Crippen LogP) is 5.03. The van der Waals surface area contributed by atoms with Crippen LogP contribution in [0.3, 0.4) is 0 Å². The minimum absolute atomic E-state index is 0.00268. The molecule has 1 amide bonds. The van der Waals surface area contributed by atoms with E-state index in [1.807, 2.05) is 37.5 Å². The maximum Gasteiger partial charge on any atom is 0.341 e.